The van der Waals surface area contributed by atoms with Crippen molar-refractivity contribution in [2.45, 2.75) is 24.8 Å². The van der Waals surface area contributed by atoms with Crippen molar-refractivity contribution in [2.24, 2.45) is 5.10 Å². The third-order valence-electron chi connectivity index (χ3n) is 3.36. The molecule has 0 aromatic heterocycles. The molecular weight excluding hydrogens is 416 g/mol. The summed E-state index contributed by atoms with van der Waals surface area (Å²) in [5.41, 5.74) is 0.477. The third-order valence-corrected chi connectivity index (χ3v) is 5.38. The molecule has 1 aromatic carbocycles. The maximum Gasteiger partial charge on any atom is 0.343 e. The molecule has 0 radical (unpaired) electrons. The predicted molar refractivity (Wildman–Crippen MR) is 101 cm³/mol. The van der Waals surface area contributed by atoms with Crippen LogP contribution < -0.4 is 5.32 Å². The lowest BCUT2D eigenvalue weighted by Crippen LogP contribution is -2.55. The predicted octanol–water partition coefficient (Wildman–Crippen LogP) is 2.96. The molecule has 1 aromatic rings. The van der Waals surface area contributed by atoms with Gasteiger partial charge in [-0.1, -0.05) is 39.9 Å². The van der Waals surface area contributed by atoms with E-state index in [9.17, 15) is 15.1 Å². The number of rotatable bonds is 3. The van der Waals surface area contributed by atoms with Gasteiger partial charge in [-0.15, -0.1) is 0 Å². The zero-order valence-corrected chi connectivity index (χ0v) is 16.4. The van der Waals surface area contributed by atoms with Gasteiger partial charge in [0, 0.05) is 17.1 Å². The Morgan fingerprint density at radius 2 is 2.25 bits per heavy atom. The molecule has 1 unspecified atom stereocenters. The number of hydrazone groups is 1. The average molecular weight is 433 g/mol. The lowest BCUT2D eigenvalue weighted by molar-refractivity contribution is -0.117. The van der Waals surface area contributed by atoms with Crippen LogP contribution in [0.5, 0.6) is 5.75 Å². The van der Waals surface area contributed by atoms with E-state index in [1.807, 2.05) is 13.8 Å². The Hall–Kier alpha value is -1.36. The van der Waals surface area contributed by atoms with E-state index < -0.39 is 16.9 Å². The summed E-state index contributed by atoms with van der Waals surface area (Å²) in [5, 5.41) is 28.7. The highest BCUT2D eigenvalue weighted by Gasteiger charge is 2.49. The van der Waals surface area contributed by atoms with E-state index in [1.165, 1.54) is 36.1 Å². The summed E-state index contributed by atoms with van der Waals surface area (Å²) >= 11 is 9.97. The van der Waals surface area contributed by atoms with Crippen molar-refractivity contribution in [2.75, 3.05) is 7.05 Å². The molecule has 7 nitrogen and oxygen atoms in total. The molecule has 2 rings (SSSR count). The van der Waals surface area contributed by atoms with Crippen LogP contribution in [0.15, 0.2) is 27.8 Å². The van der Waals surface area contributed by atoms with Crippen molar-refractivity contribution in [3.8, 4) is 5.75 Å². The van der Waals surface area contributed by atoms with Gasteiger partial charge in [0.25, 0.3) is 0 Å². The number of carbonyl (C=O) groups excluding carboxylic acids is 1. The zero-order chi connectivity index (χ0) is 18.1. The molecule has 1 aliphatic heterocycles. The summed E-state index contributed by atoms with van der Waals surface area (Å²) in [6.45, 7) is 3.71. The first-order valence-corrected chi connectivity index (χ1v) is 8.93. The fraction of sp³-hybridized carbons (Fsp3) is 0.357. The molecule has 1 heterocycles. The average Bonchev–Trinajstić information content (AvgIpc) is 2.74. The Balaban J connectivity index is 2.35. The van der Waals surface area contributed by atoms with Gasteiger partial charge in [-0.05, 0) is 32.0 Å². The number of hydrogen-bond acceptors (Lipinski definition) is 6. The maximum atomic E-state index is 11.8. The zero-order valence-electron chi connectivity index (χ0n) is 13.2. The van der Waals surface area contributed by atoms with E-state index in [2.05, 4.69) is 26.3 Å². The number of hydrogen-bond donors (Lipinski definition) is 3. The van der Waals surface area contributed by atoms with Gasteiger partial charge in [0.15, 0.2) is 10.5 Å². The molecule has 0 aliphatic carbocycles. The van der Waals surface area contributed by atoms with Crippen LogP contribution in [0.2, 0.25) is 0 Å². The van der Waals surface area contributed by atoms with Gasteiger partial charge in [0.2, 0.25) is 0 Å². The number of nitrogens with one attached hydrogen (secondary N) is 1. The molecular formula is C14H17BrN4O3S2. The molecule has 0 spiro atoms. The van der Waals surface area contributed by atoms with Crippen LogP contribution in [0.25, 0.3) is 0 Å². The largest absolute Gasteiger partial charge is 0.507 e. The van der Waals surface area contributed by atoms with Gasteiger partial charge >= 0.3 is 6.03 Å². The van der Waals surface area contributed by atoms with Crippen molar-refractivity contribution in [1.29, 1.82) is 0 Å². The van der Waals surface area contributed by atoms with Crippen LogP contribution in [-0.4, -0.2) is 54.9 Å². The quantitative estimate of drug-likeness (QED) is 0.294. The maximum absolute atomic E-state index is 11.8. The minimum Gasteiger partial charge on any atom is -0.507 e. The van der Waals surface area contributed by atoms with Crippen LogP contribution >= 0.6 is 39.9 Å². The lowest BCUT2D eigenvalue weighted by atomic mass is 10.1. The van der Waals surface area contributed by atoms with Crippen LogP contribution in [0.4, 0.5) is 4.79 Å². The normalized spacial score (nSPS) is 19.8. The first-order valence-electron chi connectivity index (χ1n) is 6.92. The molecule has 0 bridgehead atoms. The van der Waals surface area contributed by atoms with E-state index in [4.69, 9.17) is 12.2 Å². The molecule has 1 saturated heterocycles. The summed E-state index contributed by atoms with van der Waals surface area (Å²) in [4.78, 5) is 11.8. The number of amides is 2. The van der Waals surface area contributed by atoms with Crippen molar-refractivity contribution in [3.63, 3.8) is 0 Å². The standard InChI is InChI=1S/C14H17BrN4O3S2/c1-14(2)11(19(22)12(21)16-3)18(13(23)24-14)17-7-8-6-9(15)4-5-10(8)20/h4-7,11,20,22H,1-3H3,(H,16,21). The van der Waals surface area contributed by atoms with Gasteiger partial charge < -0.3 is 10.4 Å². The van der Waals surface area contributed by atoms with Crippen molar-refractivity contribution in [3.05, 3.63) is 28.2 Å². The molecule has 130 valence electrons. The Morgan fingerprint density at radius 1 is 1.58 bits per heavy atom. The smallest absolute Gasteiger partial charge is 0.343 e. The van der Waals surface area contributed by atoms with Gasteiger partial charge in [-0.25, -0.2) is 9.80 Å². The summed E-state index contributed by atoms with van der Waals surface area (Å²) in [5.74, 6) is 0.0580. The van der Waals surface area contributed by atoms with Crippen molar-refractivity contribution in [1.82, 2.24) is 15.4 Å². The highest BCUT2D eigenvalue weighted by atomic mass is 79.9. The number of halogens is 1. The number of aromatic hydroxyl groups is 1. The van der Waals surface area contributed by atoms with Gasteiger partial charge in [0.05, 0.1) is 11.0 Å². The molecule has 2 amide bonds. The second-order valence-electron chi connectivity index (χ2n) is 5.54. The third kappa shape index (κ3) is 3.82. The van der Waals surface area contributed by atoms with E-state index in [1.54, 1.807) is 12.1 Å². The van der Waals surface area contributed by atoms with Gasteiger partial charge in [-0.2, -0.15) is 10.2 Å². The molecule has 1 aliphatic rings. The van der Waals surface area contributed by atoms with E-state index in [-0.39, 0.29) is 5.75 Å². The summed E-state index contributed by atoms with van der Waals surface area (Å²) < 4.78 is 0.625. The van der Waals surface area contributed by atoms with E-state index in [0.29, 0.717) is 14.9 Å². The van der Waals surface area contributed by atoms with E-state index >= 15 is 0 Å². The van der Waals surface area contributed by atoms with Gasteiger partial charge in [-0.3, -0.25) is 5.21 Å². The minimum absolute atomic E-state index is 0.0580. The fourth-order valence-corrected chi connectivity index (χ4v) is 4.37. The summed E-state index contributed by atoms with van der Waals surface area (Å²) in [6.07, 6.45) is 0.638. The number of phenols is 1. The Labute approximate surface area is 157 Å². The number of nitrogens with zero attached hydrogens (tertiary/aromatic N) is 3. The monoisotopic (exact) mass is 432 g/mol. The Kier molecular flexibility index (Phi) is 5.74. The molecule has 10 heteroatoms. The first kappa shape index (κ1) is 19.0. The second-order valence-corrected chi connectivity index (χ2v) is 8.74. The first-order chi connectivity index (χ1) is 11.2. The van der Waals surface area contributed by atoms with Crippen molar-refractivity contribution >= 4 is 56.5 Å². The fourth-order valence-electron chi connectivity index (χ4n) is 2.21. The minimum atomic E-state index is -0.791. The lowest BCUT2D eigenvalue weighted by Gasteiger charge is -2.33. The molecule has 0 saturated carbocycles. The van der Waals surface area contributed by atoms with E-state index in [0.717, 1.165) is 4.47 Å². The number of phenolic OH excluding ortho intramolecular Hbond substituents is 1. The number of carbonyl (C=O) groups is 1. The van der Waals surface area contributed by atoms with Crippen LogP contribution in [0.1, 0.15) is 19.4 Å². The van der Waals surface area contributed by atoms with Crippen molar-refractivity contribution < 1.29 is 15.1 Å². The molecule has 1 fully saturated rings. The summed E-state index contributed by atoms with van der Waals surface area (Å²) in [6, 6.07) is 4.27. The number of thiocarbonyl (C=S) groups is 1. The Morgan fingerprint density at radius 3 is 2.88 bits per heavy atom. The van der Waals surface area contributed by atoms with Crippen LogP contribution in [0.3, 0.4) is 0 Å². The summed E-state index contributed by atoms with van der Waals surface area (Å²) in [7, 11) is 1.42. The van der Waals surface area contributed by atoms with Crippen LogP contribution in [0, 0.1) is 0 Å². The highest BCUT2D eigenvalue weighted by Crippen LogP contribution is 2.42. The highest BCUT2D eigenvalue weighted by molar-refractivity contribution is 9.10. The number of thioether (sulfide) groups is 1. The number of urea groups is 1. The molecule has 1 atom stereocenters. The number of hydroxylamine groups is 2. The van der Waals surface area contributed by atoms with Crippen LogP contribution in [-0.2, 0) is 0 Å². The van der Waals surface area contributed by atoms with Gasteiger partial charge in [0.1, 0.15) is 5.75 Å². The SMILES string of the molecule is CNC(=O)N(O)C1N(N=Cc2cc(Br)ccc2O)C(=S)SC1(C)C. The molecule has 3 N–H and O–H groups in total. The Bertz CT molecular complexity index is 699. The topological polar surface area (TPSA) is 88.4 Å². The number of benzene rings is 1. The second kappa shape index (κ2) is 7.26. The molecule has 24 heavy (non-hydrogen) atoms.